The third-order valence-corrected chi connectivity index (χ3v) is 7.41. The molecule has 0 unspecified atom stereocenters. The number of esters is 1. The molecule has 0 radical (unpaired) electrons. The van der Waals surface area contributed by atoms with E-state index in [-0.39, 0.29) is 23.3 Å². The van der Waals surface area contributed by atoms with Gasteiger partial charge in [-0.05, 0) is 43.0 Å². The summed E-state index contributed by atoms with van der Waals surface area (Å²) in [7, 11) is 0. The van der Waals surface area contributed by atoms with Crippen LogP contribution in [0.4, 0.5) is 0 Å². The van der Waals surface area contributed by atoms with Gasteiger partial charge in [-0.2, -0.15) is 0 Å². The van der Waals surface area contributed by atoms with Crippen molar-refractivity contribution < 1.29 is 59.2 Å². The van der Waals surface area contributed by atoms with Crippen molar-refractivity contribution in [1.82, 2.24) is 0 Å². The molecule has 1 aliphatic heterocycles. The van der Waals surface area contributed by atoms with Gasteiger partial charge in [0.15, 0.2) is 17.3 Å². The number of aryl methyl sites for hydroxylation is 1. The van der Waals surface area contributed by atoms with Crippen molar-refractivity contribution in [3.8, 4) is 40.1 Å². The van der Waals surface area contributed by atoms with Gasteiger partial charge in [0.1, 0.15) is 53.5 Å². The van der Waals surface area contributed by atoms with Crippen LogP contribution in [0.2, 0.25) is 0 Å². The number of benzene rings is 3. The van der Waals surface area contributed by atoms with E-state index in [4.69, 9.17) is 18.6 Å². The van der Waals surface area contributed by atoms with E-state index in [1.54, 1.807) is 0 Å². The number of hydrogen-bond donors (Lipinski definition) is 7. The summed E-state index contributed by atoms with van der Waals surface area (Å²) >= 11 is 0. The van der Waals surface area contributed by atoms with E-state index in [0.29, 0.717) is 6.42 Å². The van der Waals surface area contributed by atoms with Crippen LogP contribution >= 0.6 is 0 Å². The molecule has 0 saturated carbocycles. The molecular formula is C32H32O13. The van der Waals surface area contributed by atoms with E-state index in [2.05, 4.69) is 0 Å². The van der Waals surface area contributed by atoms with Gasteiger partial charge in [-0.25, -0.2) is 0 Å². The minimum Gasteiger partial charge on any atom is -0.508 e. The van der Waals surface area contributed by atoms with Gasteiger partial charge in [0.2, 0.25) is 17.5 Å². The number of aliphatic hydroxyl groups is 3. The van der Waals surface area contributed by atoms with Crippen LogP contribution in [0, 0.1) is 0 Å². The molecule has 0 amide bonds. The number of phenols is 4. The Morgan fingerprint density at radius 3 is 2.31 bits per heavy atom. The quantitative estimate of drug-likeness (QED) is 0.0767. The fourth-order valence-electron chi connectivity index (χ4n) is 4.99. The number of carbonyl (C=O) groups excluding carboxylic acids is 1. The van der Waals surface area contributed by atoms with Crippen molar-refractivity contribution in [1.29, 1.82) is 0 Å². The zero-order valence-corrected chi connectivity index (χ0v) is 23.8. The molecule has 4 aromatic rings. The molecule has 1 fully saturated rings. The van der Waals surface area contributed by atoms with Gasteiger partial charge in [0.05, 0.1) is 0 Å². The Hall–Kier alpha value is -4.82. The highest BCUT2D eigenvalue weighted by Crippen LogP contribution is 2.39. The van der Waals surface area contributed by atoms with Gasteiger partial charge >= 0.3 is 5.97 Å². The lowest BCUT2D eigenvalue weighted by Crippen LogP contribution is -2.60. The van der Waals surface area contributed by atoms with Crippen LogP contribution in [-0.4, -0.2) is 79.0 Å². The predicted molar refractivity (Wildman–Crippen MR) is 157 cm³/mol. The fourth-order valence-corrected chi connectivity index (χ4v) is 4.99. The summed E-state index contributed by atoms with van der Waals surface area (Å²) < 4.78 is 22.4. The second-order valence-corrected chi connectivity index (χ2v) is 10.6. The Kier molecular flexibility index (Phi) is 9.44. The van der Waals surface area contributed by atoms with Crippen molar-refractivity contribution in [2.75, 3.05) is 6.61 Å². The zero-order valence-electron chi connectivity index (χ0n) is 23.8. The zero-order chi connectivity index (χ0) is 32.2. The van der Waals surface area contributed by atoms with Crippen molar-refractivity contribution in [2.45, 2.75) is 56.4 Å². The maximum Gasteiger partial charge on any atom is 0.305 e. The number of phenolic OH excluding ortho intramolecular Hbond substituents is 4. The van der Waals surface area contributed by atoms with Crippen LogP contribution in [-0.2, 0) is 20.7 Å². The molecule has 45 heavy (non-hydrogen) atoms. The fraction of sp³-hybridized carbons (Fsp3) is 0.312. The predicted octanol–water partition coefficient (Wildman–Crippen LogP) is 2.43. The highest BCUT2D eigenvalue weighted by atomic mass is 16.7. The summed E-state index contributed by atoms with van der Waals surface area (Å²) in [4.78, 5) is 26.0. The third-order valence-electron chi connectivity index (χ3n) is 7.41. The second-order valence-electron chi connectivity index (χ2n) is 10.6. The van der Waals surface area contributed by atoms with Gasteiger partial charge in [-0.1, -0.05) is 30.3 Å². The van der Waals surface area contributed by atoms with Gasteiger partial charge in [0, 0.05) is 24.1 Å². The molecule has 238 valence electrons. The number of unbranched alkanes of at least 4 members (excludes halogenated alkanes) is 1. The lowest BCUT2D eigenvalue weighted by Gasteiger charge is -2.39. The highest BCUT2D eigenvalue weighted by Gasteiger charge is 2.46. The number of ether oxygens (including phenoxy) is 3. The van der Waals surface area contributed by atoms with E-state index < -0.39 is 82.8 Å². The van der Waals surface area contributed by atoms with E-state index in [1.807, 2.05) is 30.3 Å². The van der Waals surface area contributed by atoms with Crippen molar-refractivity contribution in [2.24, 2.45) is 0 Å². The maximum atomic E-state index is 13.6. The Bertz CT molecular complexity index is 1720. The topological polar surface area (TPSA) is 217 Å². The molecule has 0 aliphatic carbocycles. The van der Waals surface area contributed by atoms with Crippen molar-refractivity contribution in [3.63, 3.8) is 0 Å². The molecule has 2 heterocycles. The molecule has 13 heteroatoms. The smallest absolute Gasteiger partial charge is 0.305 e. The lowest BCUT2D eigenvalue weighted by molar-refractivity contribution is -0.278. The maximum absolute atomic E-state index is 13.6. The second kappa shape index (κ2) is 13.4. The summed E-state index contributed by atoms with van der Waals surface area (Å²) in [6.45, 7) is -0.507. The number of hydrogen-bond acceptors (Lipinski definition) is 13. The van der Waals surface area contributed by atoms with Crippen LogP contribution < -0.4 is 10.2 Å². The van der Waals surface area contributed by atoms with E-state index >= 15 is 0 Å². The molecule has 5 rings (SSSR count). The Morgan fingerprint density at radius 2 is 1.58 bits per heavy atom. The molecule has 1 aromatic heterocycles. The minimum absolute atomic E-state index is 0.00533. The number of fused-ring (bicyclic) bond motifs is 1. The van der Waals surface area contributed by atoms with E-state index in [9.17, 15) is 45.3 Å². The first-order valence-electron chi connectivity index (χ1n) is 14.1. The Morgan fingerprint density at radius 1 is 0.822 bits per heavy atom. The Labute approximate surface area is 255 Å². The molecule has 0 bridgehead atoms. The van der Waals surface area contributed by atoms with E-state index in [1.165, 1.54) is 6.07 Å². The standard InChI is InChI=1S/C32H32O13/c33-18-13-21(36)25-22(14-18)43-30(17-10-11-19(34)20(35)12-17)31(27(25)39)45-32-29(41)28(40)26(38)23(44-32)15-42-24(37)9-5-4-8-16-6-2-1-3-7-16/h1-3,6-7,10-14,23,26,28-29,32-36,38,40-41H,4-5,8-9,15H2/t23-,26-,28+,29-,32+/m1/s1. The summed E-state index contributed by atoms with van der Waals surface area (Å²) in [5, 5.41) is 71.5. The average molecular weight is 625 g/mol. The van der Waals surface area contributed by atoms with Gasteiger partial charge < -0.3 is 54.4 Å². The summed E-state index contributed by atoms with van der Waals surface area (Å²) in [6, 6.07) is 15.2. The van der Waals surface area contributed by atoms with Crippen LogP contribution in [0.5, 0.6) is 28.7 Å². The average Bonchev–Trinajstić information content (AvgIpc) is 3.01. The van der Waals surface area contributed by atoms with Crippen molar-refractivity contribution in [3.05, 3.63) is 76.5 Å². The normalized spacial score (nSPS) is 21.4. The third kappa shape index (κ3) is 6.97. The number of aliphatic hydroxyl groups excluding tert-OH is 3. The van der Waals surface area contributed by atoms with Gasteiger partial charge in [0.25, 0.3) is 0 Å². The lowest BCUT2D eigenvalue weighted by atomic mass is 9.99. The highest BCUT2D eigenvalue weighted by molar-refractivity contribution is 5.88. The van der Waals surface area contributed by atoms with Crippen LogP contribution in [0.25, 0.3) is 22.3 Å². The first-order chi connectivity index (χ1) is 21.5. The summed E-state index contributed by atoms with van der Waals surface area (Å²) in [5.74, 6) is -3.70. The first kappa shape index (κ1) is 31.6. The number of aromatic hydroxyl groups is 4. The molecular weight excluding hydrogens is 592 g/mol. The Balaban J connectivity index is 1.35. The molecule has 1 aliphatic rings. The molecule has 7 N–H and O–H groups in total. The molecule has 5 atom stereocenters. The minimum atomic E-state index is -1.91. The van der Waals surface area contributed by atoms with Crippen LogP contribution in [0.3, 0.4) is 0 Å². The number of rotatable bonds is 10. The molecule has 1 saturated heterocycles. The number of carbonyl (C=O) groups is 1. The molecule has 0 spiro atoms. The molecule has 3 aromatic carbocycles. The van der Waals surface area contributed by atoms with Crippen LogP contribution in [0.1, 0.15) is 24.8 Å². The SMILES string of the molecule is O=C(CCCCc1ccccc1)OC[C@H]1O[C@@H](Oc2c(-c3ccc(O)c(O)c3)oc3cc(O)cc(O)c3c2=O)[C@H](O)[C@@H](O)[C@@H]1O. The van der Waals surface area contributed by atoms with Gasteiger partial charge in [-0.15, -0.1) is 0 Å². The molecule has 13 nitrogen and oxygen atoms in total. The monoisotopic (exact) mass is 624 g/mol. The largest absolute Gasteiger partial charge is 0.508 e. The van der Waals surface area contributed by atoms with Crippen LogP contribution in [0.15, 0.2) is 69.9 Å². The van der Waals surface area contributed by atoms with Crippen molar-refractivity contribution >= 4 is 16.9 Å². The summed E-state index contributed by atoms with van der Waals surface area (Å²) in [5.41, 5.74) is -0.0964. The van der Waals surface area contributed by atoms with Gasteiger partial charge in [-0.3, -0.25) is 9.59 Å². The first-order valence-corrected chi connectivity index (χ1v) is 14.1. The summed E-state index contributed by atoms with van der Waals surface area (Å²) in [6.07, 6.45) is -6.47. The van der Waals surface area contributed by atoms with E-state index in [0.717, 1.165) is 42.7 Å².